The van der Waals surface area contributed by atoms with Crippen LogP contribution in [0.2, 0.25) is 0 Å². The Kier molecular flexibility index (Phi) is 7.27. The molecule has 0 saturated heterocycles. The molecular weight excluding hydrogens is 392 g/mol. The first kappa shape index (κ1) is 21.9. The lowest BCUT2D eigenvalue weighted by Crippen LogP contribution is -1.94. The van der Waals surface area contributed by atoms with Gasteiger partial charge in [0.25, 0.3) is 0 Å². The van der Waals surface area contributed by atoms with Gasteiger partial charge in [0.2, 0.25) is 0 Å². The minimum atomic E-state index is 0.0444. The SMILES string of the molecule is CCOc1cccc(C=Nc2ccc(C)cc2N=Cc2cccc(OCC)c2O)c1O. The highest BCUT2D eigenvalue weighted by atomic mass is 16.5. The number of nitrogens with zero attached hydrogens (tertiary/aromatic N) is 2. The van der Waals surface area contributed by atoms with Crippen molar-refractivity contribution in [2.24, 2.45) is 9.98 Å². The number of phenolic OH excluding ortho intramolecular Hbond substituents is 2. The lowest BCUT2D eigenvalue weighted by atomic mass is 10.1. The summed E-state index contributed by atoms with van der Waals surface area (Å²) in [6.07, 6.45) is 3.16. The molecule has 3 aromatic carbocycles. The third kappa shape index (κ3) is 5.42. The predicted octanol–water partition coefficient (Wildman–Crippen LogP) is 5.70. The maximum Gasteiger partial charge on any atom is 0.166 e. The van der Waals surface area contributed by atoms with E-state index < -0.39 is 0 Å². The van der Waals surface area contributed by atoms with Gasteiger partial charge in [0, 0.05) is 23.6 Å². The van der Waals surface area contributed by atoms with E-state index >= 15 is 0 Å². The van der Waals surface area contributed by atoms with Crippen LogP contribution >= 0.6 is 0 Å². The van der Waals surface area contributed by atoms with Crippen LogP contribution in [0.15, 0.2) is 64.6 Å². The van der Waals surface area contributed by atoms with E-state index in [1.54, 1.807) is 48.8 Å². The van der Waals surface area contributed by atoms with Crippen LogP contribution in [0.3, 0.4) is 0 Å². The molecule has 0 atom stereocenters. The molecule has 3 aromatic rings. The summed E-state index contributed by atoms with van der Waals surface area (Å²) < 4.78 is 10.9. The molecule has 0 aliphatic rings. The van der Waals surface area contributed by atoms with Crippen molar-refractivity contribution in [3.05, 3.63) is 71.3 Å². The van der Waals surface area contributed by atoms with E-state index in [0.29, 0.717) is 47.2 Å². The molecule has 0 radical (unpaired) electrons. The van der Waals surface area contributed by atoms with Crippen LogP contribution in [-0.2, 0) is 0 Å². The van der Waals surface area contributed by atoms with E-state index in [4.69, 9.17) is 9.47 Å². The summed E-state index contributed by atoms with van der Waals surface area (Å²) >= 11 is 0. The van der Waals surface area contributed by atoms with Crippen LogP contribution < -0.4 is 9.47 Å². The van der Waals surface area contributed by atoms with Crippen LogP contribution in [0.25, 0.3) is 0 Å². The van der Waals surface area contributed by atoms with Crippen molar-refractivity contribution in [2.45, 2.75) is 20.8 Å². The monoisotopic (exact) mass is 418 g/mol. The fourth-order valence-electron chi connectivity index (χ4n) is 2.96. The summed E-state index contributed by atoms with van der Waals surface area (Å²) in [6.45, 7) is 6.61. The molecular formula is C25H26N2O4. The Morgan fingerprint density at radius 2 is 1.26 bits per heavy atom. The van der Waals surface area contributed by atoms with Gasteiger partial charge in [-0.3, -0.25) is 9.98 Å². The Morgan fingerprint density at radius 1 is 0.742 bits per heavy atom. The second-order valence-electron chi connectivity index (χ2n) is 6.76. The normalized spacial score (nSPS) is 11.3. The molecule has 0 spiro atoms. The Balaban J connectivity index is 1.92. The highest BCUT2D eigenvalue weighted by Crippen LogP contribution is 2.33. The molecule has 0 aliphatic carbocycles. The van der Waals surface area contributed by atoms with Crippen molar-refractivity contribution < 1.29 is 19.7 Å². The maximum atomic E-state index is 10.4. The number of aryl methyl sites for hydroxylation is 1. The second kappa shape index (κ2) is 10.3. The van der Waals surface area contributed by atoms with Crippen molar-refractivity contribution in [3.8, 4) is 23.0 Å². The highest BCUT2D eigenvalue weighted by Gasteiger charge is 2.08. The van der Waals surface area contributed by atoms with Gasteiger partial charge < -0.3 is 19.7 Å². The van der Waals surface area contributed by atoms with E-state index in [9.17, 15) is 10.2 Å². The first-order chi connectivity index (χ1) is 15.0. The zero-order valence-electron chi connectivity index (χ0n) is 17.9. The topological polar surface area (TPSA) is 83.6 Å². The minimum absolute atomic E-state index is 0.0444. The Morgan fingerprint density at radius 3 is 1.77 bits per heavy atom. The summed E-state index contributed by atoms with van der Waals surface area (Å²) in [6, 6.07) is 16.2. The third-order valence-electron chi connectivity index (χ3n) is 4.48. The van der Waals surface area contributed by atoms with Crippen LogP contribution in [-0.4, -0.2) is 35.9 Å². The van der Waals surface area contributed by atoms with Crippen LogP contribution in [0, 0.1) is 6.92 Å². The molecule has 2 N–H and O–H groups in total. The molecule has 6 heteroatoms. The number of ether oxygens (including phenoxy) is 2. The number of rotatable bonds is 8. The predicted molar refractivity (Wildman–Crippen MR) is 124 cm³/mol. The van der Waals surface area contributed by atoms with Gasteiger partial charge in [0.1, 0.15) is 0 Å². The van der Waals surface area contributed by atoms with Gasteiger partial charge in [-0.05, 0) is 62.7 Å². The standard InChI is InChI=1S/C25H26N2O4/c1-4-30-22-10-6-8-18(24(22)28)15-26-20-13-12-17(3)14-21(20)27-16-19-9-7-11-23(25(19)29)31-5-2/h6-16,28-29H,4-5H2,1-3H3. The van der Waals surface area contributed by atoms with Gasteiger partial charge in [0.15, 0.2) is 23.0 Å². The number of benzene rings is 3. The molecule has 0 unspecified atom stereocenters. The van der Waals surface area contributed by atoms with Crippen molar-refractivity contribution in [1.29, 1.82) is 0 Å². The molecule has 0 heterocycles. The Labute approximate surface area is 182 Å². The summed E-state index contributed by atoms with van der Waals surface area (Å²) in [5.74, 6) is 0.920. The fourth-order valence-corrected chi connectivity index (χ4v) is 2.96. The van der Waals surface area contributed by atoms with Crippen LogP contribution in [0.5, 0.6) is 23.0 Å². The average Bonchev–Trinajstić information content (AvgIpc) is 2.76. The van der Waals surface area contributed by atoms with Gasteiger partial charge in [0.05, 0.1) is 24.6 Å². The molecule has 0 fully saturated rings. The molecule has 0 bridgehead atoms. The number of aromatic hydroxyl groups is 2. The van der Waals surface area contributed by atoms with E-state index in [1.165, 1.54) is 0 Å². The molecule has 6 nitrogen and oxygen atoms in total. The van der Waals surface area contributed by atoms with Crippen molar-refractivity contribution in [3.63, 3.8) is 0 Å². The van der Waals surface area contributed by atoms with Crippen LogP contribution in [0.4, 0.5) is 11.4 Å². The quantitative estimate of drug-likeness (QED) is 0.459. The first-order valence-electron chi connectivity index (χ1n) is 10.1. The van der Waals surface area contributed by atoms with Crippen LogP contribution in [0.1, 0.15) is 30.5 Å². The molecule has 31 heavy (non-hydrogen) atoms. The van der Waals surface area contributed by atoms with Crippen molar-refractivity contribution in [2.75, 3.05) is 13.2 Å². The lowest BCUT2D eigenvalue weighted by Gasteiger charge is -2.08. The molecule has 0 aliphatic heterocycles. The zero-order valence-corrected chi connectivity index (χ0v) is 17.9. The number of hydrogen-bond donors (Lipinski definition) is 2. The zero-order chi connectivity index (χ0) is 22.2. The van der Waals surface area contributed by atoms with Gasteiger partial charge in [-0.25, -0.2) is 0 Å². The number of para-hydroxylation sites is 2. The van der Waals surface area contributed by atoms with E-state index in [0.717, 1.165) is 5.56 Å². The Hall–Kier alpha value is -3.80. The second-order valence-corrected chi connectivity index (χ2v) is 6.76. The van der Waals surface area contributed by atoms with Crippen molar-refractivity contribution >= 4 is 23.8 Å². The summed E-state index contributed by atoms with van der Waals surface area (Å²) in [7, 11) is 0. The van der Waals surface area contributed by atoms with Gasteiger partial charge in [-0.2, -0.15) is 0 Å². The van der Waals surface area contributed by atoms with E-state index in [-0.39, 0.29) is 11.5 Å². The smallest absolute Gasteiger partial charge is 0.166 e. The lowest BCUT2D eigenvalue weighted by molar-refractivity contribution is 0.318. The molecule has 0 aromatic heterocycles. The first-order valence-corrected chi connectivity index (χ1v) is 10.1. The van der Waals surface area contributed by atoms with Crippen molar-refractivity contribution in [1.82, 2.24) is 0 Å². The molecule has 160 valence electrons. The molecule has 3 rings (SSSR count). The number of phenols is 2. The van der Waals surface area contributed by atoms with Gasteiger partial charge >= 0.3 is 0 Å². The maximum absolute atomic E-state index is 10.4. The van der Waals surface area contributed by atoms with Gasteiger partial charge in [-0.15, -0.1) is 0 Å². The summed E-state index contributed by atoms with van der Waals surface area (Å²) in [4.78, 5) is 9.06. The summed E-state index contributed by atoms with van der Waals surface area (Å²) in [5, 5.41) is 20.8. The summed E-state index contributed by atoms with van der Waals surface area (Å²) in [5.41, 5.74) is 3.38. The Bertz CT molecular complexity index is 1110. The minimum Gasteiger partial charge on any atom is -0.504 e. The number of hydrogen-bond acceptors (Lipinski definition) is 6. The highest BCUT2D eigenvalue weighted by molar-refractivity contribution is 5.90. The van der Waals surface area contributed by atoms with E-state index in [1.807, 2.05) is 39.0 Å². The fraction of sp³-hybridized carbons (Fsp3) is 0.200. The largest absolute Gasteiger partial charge is 0.504 e. The molecule has 0 saturated carbocycles. The third-order valence-corrected chi connectivity index (χ3v) is 4.48. The number of aliphatic imine (C=N–C) groups is 2. The van der Waals surface area contributed by atoms with E-state index in [2.05, 4.69) is 9.98 Å². The van der Waals surface area contributed by atoms with Gasteiger partial charge in [-0.1, -0.05) is 18.2 Å². The average molecular weight is 418 g/mol. The molecule has 0 amide bonds.